The topological polar surface area (TPSA) is 26.3 Å². The molecule has 1 atom stereocenters. The molecule has 0 aromatic carbocycles. The zero-order valence-corrected chi connectivity index (χ0v) is 6.80. The van der Waals surface area contributed by atoms with E-state index in [1.807, 2.05) is 6.92 Å². The summed E-state index contributed by atoms with van der Waals surface area (Å²) in [4.78, 5) is 10.8. The Bertz CT molecular complexity index is 155. The minimum atomic E-state index is -0.237. The van der Waals surface area contributed by atoms with Crippen molar-refractivity contribution in [1.29, 1.82) is 0 Å². The smallest absolute Gasteiger partial charge is 0.307 e. The Morgan fingerprint density at radius 2 is 2.45 bits per heavy atom. The van der Waals surface area contributed by atoms with Crippen LogP contribution in [0.5, 0.6) is 0 Å². The second kappa shape index (κ2) is 5.79. The highest BCUT2D eigenvalue weighted by Gasteiger charge is 2.06. The first-order valence-electron chi connectivity index (χ1n) is 3.59. The molecular weight excluding hydrogens is 140 g/mol. The third kappa shape index (κ3) is 5.47. The van der Waals surface area contributed by atoms with Crippen LogP contribution in [0.4, 0.5) is 0 Å². The van der Waals surface area contributed by atoms with Gasteiger partial charge in [-0.1, -0.05) is 26.2 Å². The highest BCUT2D eigenvalue weighted by Crippen LogP contribution is 2.06. The minimum absolute atomic E-state index is 0.0721. The molecule has 0 fully saturated rings. The van der Waals surface area contributed by atoms with Crippen molar-refractivity contribution < 1.29 is 9.53 Å². The first-order valence-corrected chi connectivity index (χ1v) is 3.59. The number of terminal acetylenes is 1. The van der Waals surface area contributed by atoms with Gasteiger partial charge in [0.1, 0.15) is 0 Å². The van der Waals surface area contributed by atoms with Crippen LogP contribution in [-0.2, 0) is 9.53 Å². The lowest BCUT2D eigenvalue weighted by Gasteiger charge is -2.05. The molecule has 0 aliphatic rings. The number of carbonyl (C=O) groups excluding carboxylic acids is 1. The summed E-state index contributed by atoms with van der Waals surface area (Å²) >= 11 is 0. The Labute approximate surface area is 67.9 Å². The summed E-state index contributed by atoms with van der Waals surface area (Å²) in [5.74, 6) is 2.27. The molecule has 0 aliphatic carbocycles. The monoisotopic (exact) mass is 153 g/mol. The van der Waals surface area contributed by atoms with Gasteiger partial charge >= 0.3 is 5.97 Å². The second-order valence-corrected chi connectivity index (χ2v) is 2.46. The van der Waals surface area contributed by atoms with Gasteiger partial charge in [0.15, 0.2) is 6.61 Å². The minimum Gasteiger partial charge on any atom is -0.452 e. The van der Waals surface area contributed by atoms with Gasteiger partial charge in [0.05, 0.1) is 0 Å². The molecule has 0 amide bonds. The molecule has 1 unspecified atom stereocenters. The second-order valence-electron chi connectivity index (χ2n) is 2.46. The van der Waals surface area contributed by atoms with E-state index in [1.54, 1.807) is 0 Å². The van der Waals surface area contributed by atoms with Crippen LogP contribution in [0, 0.1) is 25.2 Å². The number of hydrogen-bond acceptors (Lipinski definition) is 2. The van der Waals surface area contributed by atoms with Crippen LogP contribution in [0.2, 0.25) is 0 Å². The number of rotatable bonds is 4. The third-order valence-electron chi connectivity index (χ3n) is 1.32. The van der Waals surface area contributed by atoms with Crippen molar-refractivity contribution in [3.05, 3.63) is 6.92 Å². The van der Waals surface area contributed by atoms with Crippen LogP contribution < -0.4 is 0 Å². The maximum Gasteiger partial charge on any atom is 0.307 e. The molecule has 0 aliphatic heterocycles. The molecule has 0 N–H and O–H groups in total. The molecule has 0 saturated heterocycles. The van der Waals surface area contributed by atoms with E-state index in [0.717, 1.165) is 6.42 Å². The average molecular weight is 153 g/mol. The standard InChI is InChI=1S/C9H13O2/c1-4-6-11-9(10)7-8(3)5-2/h1,8H,2,5-7H2,3H3. The molecule has 0 aromatic heterocycles. The van der Waals surface area contributed by atoms with Crippen molar-refractivity contribution >= 4 is 5.97 Å². The molecule has 1 radical (unpaired) electrons. The van der Waals surface area contributed by atoms with E-state index < -0.39 is 0 Å². The van der Waals surface area contributed by atoms with E-state index in [9.17, 15) is 4.79 Å². The van der Waals surface area contributed by atoms with Crippen molar-refractivity contribution in [2.75, 3.05) is 6.61 Å². The van der Waals surface area contributed by atoms with Gasteiger partial charge in [0.2, 0.25) is 0 Å². The van der Waals surface area contributed by atoms with Gasteiger partial charge in [-0.3, -0.25) is 4.79 Å². The summed E-state index contributed by atoms with van der Waals surface area (Å²) in [6.07, 6.45) is 6.05. The molecule has 0 rings (SSSR count). The highest BCUT2D eigenvalue weighted by atomic mass is 16.5. The molecule has 0 heterocycles. The zero-order chi connectivity index (χ0) is 8.69. The van der Waals surface area contributed by atoms with E-state index in [-0.39, 0.29) is 18.5 Å². The van der Waals surface area contributed by atoms with Gasteiger partial charge in [0, 0.05) is 6.42 Å². The molecule has 2 nitrogen and oxygen atoms in total. The summed E-state index contributed by atoms with van der Waals surface area (Å²) in [6, 6.07) is 0. The largest absolute Gasteiger partial charge is 0.452 e. The van der Waals surface area contributed by atoms with E-state index in [1.165, 1.54) is 0 Å². The average Bonchev–Trinajstić information content (AvgIpc) is 2.00. The maximum atomic E-state index is 10.8. The first kappa shape index (κ1) is 10.0. The van der Waals surface area contributed by atoms with Gasteiger partial charge in [-0.2, -0.15) is 0 Å². The van der Waals surface area contributed by atoms with Gasteiger partial charge in [-0.05, 0) is 5.92 Å². The number of esters is 1. The van der Waals surface area contributed by atoms with Crippen LogP contribution in [0.3, 0.4) is 0 Å². The number of ether oxygens (including phenoxy) is 1. The molecule has 0 aromatic rings. The highest BCUT2D eigenvalue weighted by molar-refractivity contribution is 5.69. The molecule has 61 valence electrons. The summed E-state index contributed by atoms with van der Waals surface area (Å²) in [7, 11) is 0. The van der Waals surface area contributed by atoms with Crippen molar-refractivity contribution in [3.8, 4) is 12.3 Å². The molecule has 2 heteroatoms. The van der Waals surface area contributed by atoms with Crippen molar-refractivity contribution in [1.82, 2.24) is 0 Å². The molecule has 0 spiro atoms. The molecule has 0 saturated carbocycles. The van der Waals surface area contributed by atoms with Gasteiger partial charge < -0.3 is 4.74 Å². The lowest BCUT2D eigenvalue weighted by Crippen LogP contribution is -2.08. The summed E-state index contributed by atoms with van der Waals surface area (Å²) in [5, 5.41) is 0. The zero-order valence-electron chi connectivity index (χ0n) is 6.80. The summed E-state index contributed by atoms with van der Waals surface area (Å²) in [5.41, 5.74) is 0. The van der Waals surface area contributed by atoms with E-state index in [4.69, 9.17) is 6.42 Å². The fourth-order valence-electron chi connectivity index (χ4n) is 0.568. The fourth-order valence-corrected chi connectivity index (χ4v) is 0.568. The summed E-state index contributed by atoms with van der Waals surface area (Å²) < 4.78 is 4.66. The predicted octanol–water partition coefficient (Wildman–Crippen LogP) is 1.41. The predicted molar refractivity (Wildman–Crippen MR) is 43.5 cm³/mol. The SMILES string of the molecule is C#CCOC(=O)CC(C)C[CH2]. The van der Waals surface area contributed by atoms with E-state index in [2.05, 4.69) is 17.6 Å². The Balaban J connectivity index is 3.45. The van der Waals surface area contributed by atoms with Crippen LogP contribution in [-0.4, -0.2) is 12.6 Å². The van der Waals surface area contributed by atoms with Crippen LogP contribution >= 0.6 is 0 Å². The van der Waals surface area contributed by atoms with Crippen molar-refractivity contribution in [2.24, 2.45) is 5.92 Å². The quantitative estimate of drug-likeness (QED) is 0.451. The van der Waals surface area contributed by atoms with E-state index >= 15 is 0 Å². The van der Waals surface area contributed by atoms with Crippen LogP contribution in [0.15, 0.2) is 0 Å². The van der Waals surface area contributed by atoms with Crippen molar-refractivity contribution in [3.63, 3.8) is 0 Å². The number of carbonyl (C=O) groups is 1. The van der Waals surface area contributed by atoms with Crippen LogP contribution in [0.25, 0.3) is 0 Å². The normalized spacial score (nSPS) is 11.7. The Kier molecular flexibility index (Phi) is 5.28. The Hall–Kier alpha value is -0.970. The maximum absolute atomic E-state index is 10.8. The Morgan fingerprint density at radius 3 is 2.91 bits per heavy atom. The molecule has 11 heavy (non-hydrogen) atoms. The van der Waals surface area contributed by atoms with E-state index in [0.29, 0.717) is 6.42 Å². The third-order valence-corrected chi connectivity index (χ3v) is 1.32. The molecule has 0 bridgehead atoms. The fraction of sp³-hybridized carbons (Fsp3) is 0.556. The Morgan fingerprint density at radius 1 is 1.82 bits per heavy atom. The lowest BCUT2D eigenvalue weighted by atomic mass is 10.1. The summed E-state index contributed by atoms with van der Waals surface area (Å²) in [6.45, 7) is 5.69. The van der Waals surface area contributed by atoms with Gasteiger partial charge in [0.25, 0.3) is 0 Å². The number of hydrogen-bond donors (Lipinski definition) is 0. The molecular formula is C9H13O2. The lowest BCUT2D eigenvalue weighted by molar-refractivity contribution is -0.143. The first-order chi connectivity index (χ1) is 5.20. The van der Waals surface area contributed by atoms with Crippen molar-refractivity contribution in [2.45, 2.75) is 19.8 Å². The van der Waals surface area contributed by atoms with Crippen LogP contribution in [0.1, 0.15) is 19.8 Å². The van der Waals surface area contributed by atoms with Gasteiger partial charge in [-0.15, -0.1) is 6.42 Å². The van der Waals surface area contributed by atoms with Gasteiger partial charge in [-0.25, -0.2) is 0 Å².